The van der Waals surface area contributed by atoms with Gasteiger partial charge in [0, 0.05) is 5.02 Å². The van der Waals surface area contributed by atoms with E-state index in [4.69, 9.17) is 16.3 Å². The van der Waals surface area contributed by atoms with Gasteiger partial charge in [-0.3, -0.25) is 9.10 Å². The van der Waals surface area contributed by atoms with Crippen molar-refractivity contribution in [3.05, 3.63) is 52.5 Å². The molecule has 0 radical (unpaired) electrons. The average molecular weight is 411 g/mol. The summed E-state index contributed by atoms with van der Waals surface area (Å²) in [4.78, 5) is 12.8. The Labute approximate surface area is 165 Å². The Kier molecular flexibility index (Phi) is 6.38. The predicted octanol–water partition coefficient (Wildman–Crippen LogP) is 3.76. The summed E-state index contributed by atoms with van der Waals surface area (Å²) < 4.78 is 31.1. The van der Waals surface area contributed by atoms with Gasteiger partial charge in [0.15, 0.2) is 0 Å². The predicted molar refractivity (Wildman–Crippen MR) is 109 cm³/mol. The maximum Gasteiger partial charge on any atom is 0.248 e. The van der Waals surface area contributed by atoms with Crippen molar-refractivity contribution in [1.29, 1.82) is 0 Å². The molecular weight excluding hydrogens is 388 g/mol. The second-order valence-corrected chi connectivity index (χ2v) is 8.63. The van der Waals surface area contributed by atoms with Gasteiger partial charge in [-0.05, 0) is 56.2 Å². The van der Waals surface area contributed by atoms with Crippen LogP contribution in [-0.2, 0) is 14.8 Å². The molecule has 1 atom stereocenters. The summed E-state index contributed by atoms with van der Waals surface area (Å²) in [6.45, 7) is 5.22. The fourth-order valence-corrected chi connectivity index (χ4v) is 4.03. The standard InChI is InChI=1S/C19H23ClN2O4S/c1-12-6-9-18(26-4)17(10-12)21-19(23)14(3)22(27(5,24)25)15-8-7-13(2)16(20)11-15/h6-11,14H,1-5H3,(H,21,23)/t14-/m1/s1. The van der Waals surface area contributed by atoms with E-state index in [9.17, 15) is 13.2 Å². The number of amides is 1. The van der Waals surface area contributed by atoms with E-state index in [2.05, 4.69) is 5.32 Å². The number of methoxy groups -OCH3 is 1. The smallest absolute Gasteiger partial charge is 0.248 e. The number of nitrogens with zero attached hydrogens (tertiary/aromatic N) is 1. The van der Waals surface area contributed by atoms with Crippen molar-refractivity contribution in [2.45, 2.75) is 26.8 Å². The van der Waals surface area contributed by atoms with Crippen LogP contribution in [0.4, 0.5) is 11.4 Å². The van der Waals surface area contributed by atoms with Crippen molar-refractivity contribution in [3.8, 4) is 5.75 Å². The molecule has 2 aromatic carbocycles. The number of aryl methyl sites for hydroxylation is 2. The lowest BCUT2D eigenvalue weighted by Gasteiger charge is -2.28. The second kappa shape index (κ2) is 8.19. The first kappa shape index (κ1) is 21.1. The van der Waals surface area contributed by atoms with Crippen molar-refractivity contribution in [3.63, 3.8) is 0 Å². The fraction of sp³-hybridized carbons (Fsp3) is 0.316. The summed E-state index contributed by atoms with van der Waals surface area (Å²) in [5.74, 6) is 0.00598. The molecule has 2 rings (SSSR count). The molecule has 0 saturated carbocycles. The summed E-state index contributed by atoms with van der Waals surface area (Å²) in [7, 11) is -2.22. The number of ether oxygens (including phenoxy) is 1. The number of hydrogen-bond donors (Lipinski definition) is 1. The van der Waals surface area contributed by atoms with Crippen LogP contribution in [0.5, 0.6) is 5.75 Å². The van der Waals surface area contributed by atoms with E-state index in [1.807, 2.05) is 19.9 Å². The lowest BCUT2D eigenvalue weighted by atomic mass is 10.2. The number of anilines is 2. The minimum absolute atomic E-state index is 0.326. The third-order valence-electron chi connectivity index (χ3n) is 4.11. The van der Waals surface area contributed by atoms with Gasteiger partial charge in [0.05, 0.1) is 24.7 Å². The topological polar surface area (TPSA) is 75.7 Å². The van der Waals surface area contributed by atoms with Crippen molar-refractivity contribution in [2.75, 3.05) is 23.0 Å². The summed E-state index contributed by atoms with van der Waals surface area (Å²) in [5, 5.41) is 3.17. The molecule has 0 aliphatic rings. The molecule has 1 amide bonds. The molecule has 0 fully saturated rings. The molecule has 0 aromatic heterocycles. The molecule has 27 heavy (non-hydrogen) atoms. The number of carbonyl (C=O) groups excluding carboxylic acids is 1. The van der Waals surface area contributed by atoms with E-state index < -0.39 is 22.0 Å². The first-order valence-corrected chi connectivity index (χ1v) is 10.5. The number of carbonyl (C=O) groups is 1. The summed E-state index contributed by atoms with van der Waals surface area (Å²) in [6.07, 6.45) is 1.05. The maximum absolute atomic E-state index is 12.8. The molecule has 0 unspecified atom stereocenters. The van der Waals surface area contributed by atoms with E-state index in [0.29, 0.717) is 22.1 Å². The van der Waals surface area contributed by atoms with Gasteiger partial charge in [-0.1, -0.05) is 23.7 Å². The Bertz CT molecular complexity index is 960. The minimum Gasteiger partial charge on any atom is -0.495 e. The highest BCUT2D eigenvalue weighted by Gasteiger charge is 2.30. The molecule has 0 heterocycles. The van der Waals surface area contributed by atoms with Gasteiger partial charge >= 0.3 is 0 Å². The molecule has 0 aliphatic heterocycles. The van der Waals surface area contributed by atoms with E-state index in [1.165, 1.54) is 20.1 Å². The minimum atomic E-state index is -3.73. The molecule has 8 heteroatoms. The van der Waals surface area contributed by atoms with Gasteiger partial charge in [-0.15, -0.1) is 0 Å². The van der Waals surface area contributed by atoms with Crippen molar-refractivity contribution >= 4 is 38.9 Å². The Balaban J connectivity index is 2.38. The molecule has 0 saturated heterocycles. The molecule has 0 bridgehead atoms. The largest absolute Gasteiger partial charge is 0.495 e. The average Bonchev–Trinajstić information content (AvgIpc) is 2.57. The highest BCUT2D eigenvalue weighted by Crippen LogP contribution is 2.29. The monoisotopic (exact) mass is 410 g/mol. The van der Waals surface area contributed by atoms with Crippen LogP contribution in [0.2, 0.25) is 5.02 Å². The summed E-state index contributed by atoms with van der Waals surface area (Å²) in [6, 6.07) is 9.23. The highest BCUT2D eigenvalue weighted by atomic mass is 35.5. The van der Waals surface area contributed by atoms with Gasteiger partial charge in [0.2, 0.25) is 15.9 Å². The number of nitrogens with one attached hydrogen (secondary N) is 1. The van der Waals surface area contributed by atoms with Crippen molar-refractivity contribution in [1.82, 2.24) is 0 Å². The Morgan fingerprint density at radius 2 is 1.85 bits per heavy atom. The first-order valence-electron chi connectivity index (χ1n) is 8.25. The zero-order valence-corrected chi connectivity index (χ0v) is 17.5. The lowest BCUT2D eigenvalue weighted by Crippen LogP contribution is -2.45. The van der Waals surface area contributed by atoms with Crippen LogP contribution in [0.3, 0.4) is 0 Å². The van der Waals surface area contributed by atoms with Gasteiger partial charge < -0.3 is 10.1 Å². The van der Waals surface area contributed by atoms with Crippen LogP contribution >= 0.6 is 11.6 Å². The number of sulfonamides is 1. The van der Waals surface area contributed by atoms with Gasteiger partial charge in [-0.2, -0.15) is 0 Å². The molecule has 146 valence electrons. The molecule has 0 aliphatic carbocycles. The number of hydrogen-bond acceptors (Lipinski definition) is 4. The van der Waals surface area contributed by atoms with Crippen LogP contribution < -0.4 is 14.4 Å². The fourth-order valence-electron chi connectivity index (χ4n) is 2.68. The van der Waals surface area contributed by atoms with Crippen LogP contribution in [0.15, 0.2) is 36.4 Å². The molecule has 1 N–H and O–H groups in total. The van der Waals surface area contributed by atoms with Crippen LogP contribution in [0, 0.1) is 13.8 Å². The van der Waals surface area contributed by atoms with E-state index in [1.54, 1.807) is 24.3 Å². The maximum atomic E-state index is 12.8. The molecular formula is C19H23ClN2O4S. The van der Waals surface area contributed by atoms with Crippen molar-refractivity contribution < 1.29 is 17.9 Å². The lowest BCUT2D eigenvalue weighted by molar-refractivity contribution is -0.116. The van der Waals surface area contributed by atoms with Crippen molar-refractivity contribution in [2.24, 2.45) is 0 Å². The summed E-state index contributed by atoms with van der Waals surface area (Å²) in [5.41, 5.74) is 2.55. The first-order chi connectivity index (χ1) is 12.5. The van der Waals surface area contributed by atoms with E-state index >= 15 is 0 Å². The third-order valence-corrected chi connectivity index (χ3v) is 5.76. The second-order valence-electron chi connectivity index (χ2n) is 6.36. The van der Waals surface area contributed by atoms with Crippen LogP contribution in [0.1, 0.15) is 18.1 Å². The van der Waals surface area contributed by atoms with E-state index in [-0.39, 0.29) is 0 Å². The van der Waals surface area contributed by atoms with Gasteiger partial charge in [-0.25, -0.2) is 8.42 Å². The normalized spacial score (nSPS) is 12.4. The number of halogens is 1. The highest BCUT2D eigenvalue weighted by molar-refractivity contribution is 7.92. The zero-order valence-electron chi connectivity index (χ0n) is 15.9. The van der Waals surface area contributed by atoms with E-state index in [0.717, 1.165) is 21.7 Å². The zero-order chi connectivity index (χ0) is 20.4. The third kappa shape index (κ3) is 4.93. The van der Waals surface area contributed by atoms with Gasteiger partial charge in [0.25, 0.3) is 0 Å². The molecule has 6 nitrogen and oxygen atoms in total. The van der Waals surface area contributed by atoms with Crippen LogP contribution in [-0.4, -0.2) is 33.7 Å². The Morgan fingerprint density at radius 1 is 1.19 bits per heavy atom. The summed E-state index contributed by atoms with van der Waals surface area (Å²) >= 11 is 6.14. The number of benzene rings is 2. The Morgan fingerprint density at radius 3 is 2.41 bits per heavy atom. The Hall–Kier alpha value is -2.25. The quantitative estimate of drug-likeness (QED) is 0.786. The van der Waals surface area contributed by atoms with Crippen LogP contribution in [0.25, 0.3) is 0 Å². The van der Waals surface area contributed by atoms with Gasteiger partial charge in [0.1, 0.15) is 11.8 Å². The molecule has 0 spiro atoms. The molecule has 2 aromatic rings. The SMILES string of the molecule is COc1ccc(C)cc1NC(=O)[C@@H](C)N(c1ccc(C)c(Cl)c1)S(C)(=O)=O. The number of rotatable bonds is 6.